The fourth-order valence-corrected chi connectivity index (χ4v) is 6.29. The molecule has 1 aromatic carbocycles. The summed E-state index contributed by atoms with van der Waals surface area (Å²) in [6, 6.07) is 14.3. The quantitative estimate of drug-likeness (QED) is 0.615. The second-order valence-corrected chi connectivity index (χ2v) is 11.0. The van der Waals surface area contributed by atoms with Crippen LogP contribution in [-0.4, -0.2) is 55.1 Å². The monoisotopic (exact) mass is 440 g/mol. The maximum absolute atomic E-state index is 14.2. The molecular formula is C26H36N2O2S. The van der Waals surface area contributed by atoms with Gasteiger partial charge in [0.25, 0.3) is 0 Å². The number of likely N-dealkylation sites (tertiary alicyclic amines) is 1. The minimum atomic E-state index is -1.63. The summed E-state index contributed by atoms with van der Waals surface area (Å²) in [5, 5.41) is 16.4. The van der Waals surface area contributed by atoms with Crippen LogP contribution in [0.3, 0.4) is 0 Å². The molecular weight excluding hydrogens is 404 g/mol. The van der Waals surface area contributed by atoms with Gasteiger partial charge >= 0.3 is 0 Å². The van der Waals surface area contributed by atoms with E-state index < -0.39 is 5.60 Å². The van der Waals surface area contributed by atoms with E-state index >= 15 is 0 Å². The Labute approximate surface area is 191 Å². The maximum Gasteiger partial charge on any atom is 0.216 e. The highest BCUT2D eigenvalue weighted by atomic mass is 32.1. The summed E-state index contributed by atoms with van der Waals surface area (Å²) >= 11 is 1.83. The van der Waals surface area contributed by atoms with E-state index in [0.29, 0.717) is 24.7 Å². The van der Waals surface area contributed by atoms with Crippen molar-refractivity contribution >= 4 is 17.2 Å². The van der Waals surface area contributed by atoms with Crippen LogP contribution in [0.15, 0.2) is 47.8 Å². The van der Waals surface area contributed by atoms with Crippen molar-refractivity contribution in [3.05, 3.63) is 58.3 Å². The van der Waals surface area contributed by atoms with E-state index in [0.717, 1.165) is 56.0 Å². The molecule has 5 heteroatoms. The molecule has 4 rings (SSSR count). The molecule has 2 fully saturated rings. The van der Waals surface area contributed by atoms with Crippen molar-refractivity contribution in [3.8, 4) is 0 Å². The summed E-state index contributed by atoms with van der Waals surface area (Å²) in [7, 11) is 4.63. The predicted molar refractivity (Wildman–Crippen MR) is 125 cm³/mol. The van der Waals surface area contributed by atoms with Crippen LogP contribution in [-0.2, 0) is 16.8 Å². The molecule has 2 aromatic rings. The first-order chi connectivity index (χ1) is 14.9. The summed E-state index contributed by atoms with van der Waals surface area (Å²) < 4.78 is 0.976. The number of carbonyl (C=O) groups is 1. The number of nitrogens with zero attached hydrogens (tertiary/aromatic N) is 2. The van der Waals surface area contributed by atoms with E-state index in [1.165, 1.54) is 4.88 Å². The minimum absolute atomic E-state index is 0.0851. The molecule has 0 radical (unpaired) electrons. The van der Waals surface area contributed by atoms with E-state index in [4.69, 9.17) is 0 Å². The molecule has 1 amide bonds. The molecule has 1 aliphatic heterocycles. The number of hydrogen-bond acceptors (Lipinski definition) is 3. The molecule has 2 heterocycles. The van der Waals surface area contributed by atoms with E-state index in [2.05, 4.69) is 31.6 Å². The van der Waals surface area contributed by atoms with E-state index in [1.54, 1.807) is 0 Å². The van der Waals surface area contributed by atoms with Crippen LogP contribution in [0, 0.1) is 5.92 Å². The molecule has 0 N–H and O–H groups in total. The van der Waals surface area contributed by atoms with Crippen LogP contribution in [0.5, 0.6) is 0 Å². The molecule has 4 nitrogen and oxygen atoms in total. The van der Waals surface area contributed by atoms with E-state index in [9.17, 15) is 9.90 Å². The number of likely N-dealkylation sites (N-methyl/N-ethyl adjacent to an activating group) is 1. The van der Waals surface area contributed by atoms with Gasteiger partial charge < -0.3 is 14.5 Å². The Morgan fingerprint density at radius 2 is 1.74 bits per heavy atom. The van der Waals surface area contributed by atoms with Crippen molar-refractivity contribution in [2.24, 2.45) is 5.92 Å². The zero-order chi connectivity index (χ0) is 21.9. The molecule has 2 aliphatic rings. The third-order valence-corrected chi connectivity index (χ3v) is 8.64. The molecule has 1 unspecified atom stereocenters. The third kappa shape index (κ3) is 4.74. The first-order valence-corrected chi connectivity index (χ1v) is 12.7. The fraction of sp³-hybridized carbons (Fsp3) is 0.577. The second-order valence-electron chi connectivity index (χ2n) is 9.94. The van der Waals surface area contributed by atoms with Crippen LogP contribution in [0.1, 0.15) is 49.0 Å². The molecule has 1 saturated carbocycles. The molecule has 1 aliphatic carbocycles. The van der Waals surface area contributed by atoms with Gasteiger partial charge in [0, 0.05) is 37.2 Å². The summed E-state index contributed by atoms with van der Waals surface area (Å²) in [4.78, 5) is 17.0. The van der Waals surface area contributed by atoms with Crippen LogP contribution in [0.4, 0.5) is 0 Å². The Bertz CT molecular complexity index is 838. The predicted octanol–water partition coefficient (Wildman–Crippen LogP) is 3.80. The first kappa shape index (κ1) is 22.5. The SMILES string of the molecule is C[N+](C)(CCc1cccs1)C1CCN(C(=O)C([O-])(c2ccccc2)C2CCCC2)CC1. The average Bonchev–Trinajstić information content (AvgIpc) is 3.52. The van der Waals surface area contributed by atoms with Crippen molar-refractivity contribution in [2.75, 3.05) is 33.7 Å². The Morgan fingerprint density at radius 1 is 1.06 bits per heavy atom. The highest BCUT2D eigenvalue weighted by Crippen LogP contribution is 2.40. The van der Waals surface area contributed by atoms with Crippen molar-refractivity contribution in [2.45, 2.75) is 56.6 Å². The number of carbonyl (C=O) groups excluding carboxylic acids is 1. The number of benzene rings is 1. The van der Waals surface area contributed by atoms with Crippen molar-refractivity contribution in [3.63, 3.8) is 0 Å². The largest absolute Gasteiger partial charge is 0.839 e. The van der Waals surface area contributed by atoms with E-state index in [1.807, 2.05) is 46.6 Å². The number of thiophene rings is 1. The maximum atomic E-state index is 14.2. The lowest BCUT2D eigenvalue weighted by atomic mass is 9.78. The lowest BCUT2D eigenvalue weighted by Crippen LogP contribution is -2.62. The zero-order valence-electron chi connectivity index (χ0n) is 19.0. The molecule has 1 saturated heterocycles. The number of quaternary nitrogens is 1. The summed E-state index contributed by atoms with van der Waals surface area (Å²) in [5.74, 6) is -0.272. The minimum Gasteiger partial charge on any atom is -0.839 e. The van der Waals surface area contributed by atoms with Crippen LogP contribution in [0.25, 0.3) is 0 Å². The summed E-state index contributed by atoms with van der Waals surface area (Å²) in [5.41, 5.74) is -0.977. The topological polar surface area (TPSA) is 43.4 Å². The van der Waals surface area contributed by atoms with Gasteiger partial charge in [0.2, 0.25) is 5.91 Å². The number of amides is 1. The van der Waals surface area contributed by atoms with Gasteiger partial charge in [-0.1, -0.05) is 62.1 Å². The Morgan fingerprint density at radius 3 is 2.35 bits per heavy atom. The Balaban J connectivity index is 1.42. The van der Waals surface area contributed by atoms with Crippen LogP contribution >= 0.6 is 11.3 Å². The van der Waals surface area contributed by atoms with Gasteiger partial charge in [-0.25, -0.2) is 0 Å². The average molecular weight is 441 g/mol. The van der Waals surface area contributed by atoms with Crippen molar-refractivity contribution in [1.29, 1.82) is 0 Å². The normalized spacial score (nSPS) is 20.7. The Kier molecular flexibility index (Phi) is 6.85. The fourth-order valence-electron chi connectivity index (χ4n) is 5.59. The molecule has 0 spiro atoms. The van der Waals surface area contributed by atoms with Crippen molar-refractivity contribution in [1.82, 2.24) is 4.90 Å². The van der Waals surface area contributed by atoms with Gasteiger partial charge in [-0.3, -0.25) is 4.79 Å². The number of hydrogen-bond donors (Lipinski definition) is 0. The lowest BCUT2D eigenvalue weighted by molar-refractivity contribution is -0.916. The van der Waals surface area contributed by atoms with Crippen LogP contribution in [0.2, 0.25) is 0 Å². The standard InChI is InChI=1S/C26H36N2O2S/c1-28(2,19-16-24-13-8-20-31-24)23-14-17-27(18-15-23)25(29)26(30,22-11-6-7-12-22)21-9-4-3-5-10-21/h3-5,8-10,13,20,22-23H,6-7,11-12,14-19H2,1-2H3. The van der Waals surface area contributed by atoms with Gasteiger partial charge in [-0.15, -0.1) is 11.3 Å². The van der Waals surface area contributed by atoms with Gasteiger partial charge in [-0.2, -0.15) is 0 Å². The molecule has 1 atom stereocenters. The Hall–Kier alpha value is -1.69. The molecule has 0 bridgehead atoms. The molecule has 1 aromatic heterocycles. The van der Waals surface area contributed by atoms with Gasteiger partial charge in [0.15, 0.2) is 0 Å². The summed E-state index contributed by atoms with van der Waals surface area (Å²) in [6.07, 6.45) is 6.90. The van der Waals surface area contributed by atoms with E-state index in [-0.39, 0.29) is 11.8 Å². The third-order valence-electron chi connectivity index (χ3n) is 7.71. The van der Waals surface area contributed by atoms with Gasteiger partial charge in [0.1, 0.15) is 0 Å². The summed E-state index contributed by atoms with van der Waals surface area (Å²) in [6.45, 7) is 2.51. The smallest absolute Gasteiger partial charge is 0.216 e. The molecule has 31 heavy (non-hydrogen) atoms. The number of rotatable bonds is 7. The van der Waals surface area contributed by atoms with Crippen molar-refractivity contribution < 1.29 is 14.4 Å². The van der Waals surface area contributed by atoms with Gasteiger partial charge in [0.05, 0.1) is 26.7 Å². The molecule has 168 valence electrons. The zero-order valence-corrected chi connectivity index (χ0v) is 19.8. The van der Waals surface area contributed by atoms with Gasteiger partial charge in [-0.05, 0) is 28.5 Å². The highest BCUT2D eigenvalue weighted by molar-refractivity contribution is 7.09. The number of piperidine rings is 1. The second kappa shape index (κ2) is 9.43. The first-order valence-electron chi connectivity index (χ1n) is 11.8. The van der Waals surface area contributed by atoms with Crippen LogP contribution < -0.4 is 5.11 Å². The highest BCUT2D eigenvalue weighted by Gasteiger charge is 2.42. The lowest BCUT2D eigenvalue weighted by Gasteiger charge is -2.50.